The number of H-pyrrole nitrogens is 1. The van der Waals surface area contributed by atoms with E-state index in [4.69, 9.17) is 9.15 Å². The molecule has 3 heterocycles. The summed E-state index contributed by atoms with van der Waals surface area (Å²) in [4.78, 5) is 33.3. The average Bonchev–Trinajstić information content (AvgIpc) is 2.68. The number of benzene rings is 1. The maximum absolute atomic E-state index is 12.6. The van der Waals surface area contributed by atoms with Gasteiger partial charge in [-0.3, -0.25) is 4.79 Å². The van der Waals surface area contributed by atoms with Gasteiger partial charge in [0.2, 0.25) is 0 Å². The largest absolute Gasteiger partial charge is 0.423 e. The van der Waals surface area contributed by atoms with Crippen LogP contribution in [0.4, 0.5) is 17.2 Å². The van der Waals surface area contributed by atoms with Crippen molar-refractivity contribution in [1.82, 2.24) is 9.97 Å². The molecule has 9 nitrogen and oxygen atoms in total. The monoisotopic (exact) mass is 395 g/mol. The van der Waals surface area contributed by atoms with Crippen LogP contribution in [-0.4, -0.2) is 36.3 Å². The smallest absolute Gasteiger partial charge is 0.336 e. The number of nitrogens with zero attached hydrogens (tertiary/aromatic N) is 4. The number of hydrogen-bond donors (Lipinski definition) is 1. The molecule has 29 heavy (non-hydrogen) atoms. The number of azo groups is 1. The molecule has 150 valence electrons. The minimum atomic E-state index is -0.392. The Morgan fingerprint density at radius 2 is 1.79 bits per heavy atom. The summed E-state index contributed by atoms with van der Waals surface area (Å²) in [6, 6.07) is 4.99. The molecule has 0 bridgehead atoms. The average molecular weight is 395 g/mol. The summed E-state index contributed by atoms with van der Waals surface area (Å²) in [5, 5.41) is 9.35. The summed E-state index contributed by atoms with van der Waals surface area (Å²) < 4.78 is 10.6. The first-order valence-electron chi connectivity index (χ1n) is 9.33. The van der Waals surface area contributed by atoms with Gasteiger partial charge in [-0.15, -0.1) is 10.2 Å². The Kier molecular flexibility index (Phi) is 4.98. The maximum Gasteiger partial charge on any atom is 0.336 e. The molecule has 0 unspecified atom stereocenters. The summed E-state index contributed by atoms with van der Waals surface area (Å²) in [7, 11) is 0. The highest BCUT2D eigenvalue weighted by Crippen LogP contribution is 2.30. The topological polar surface area (TPSA) is 113 Å². The Morgan fingerprint density at radius 1 is 1.03 bits per heavy atom. The molecule has 0 saturated carbocycles. The van der Waals surface area contributed by atoms with Gasteiger partial charge in [-0.25, -0.2) is 9.78 Å². The molecule has 0 atom stereocenters. The highest BCUT2D eigenvalue weighted by atomic mass is 16.5. The fourth-order valence-electron chi connectivity index (χ4n) is 3.32. The van der Waals surface area contributed by atoms with Gasteiger partial charge in [-0.1, -0.05) is 0 Å². The maximum atomic E-state index is 12.6. The van der Waals surface area contributed by atoms with Crippen LogP contribution in [0.2, 0.25) is 0 Å². The van der Waals surface area contributed by atoms with Gasteiger partial charge in [0.1, 0.15) is 11.4 Å². The van der Waals surface area contributed by atoms with Crippen LogP contribution in [0.25, 0.3) is 11.0 Å². The molecular weight excluding hydrogens is 374 g/mol. The van der Waals surface area contributed by atoms with E-state index in [2.05, 4.69) is 20.2 Å². The highest BCUT2D eigenvalue weighted by Gasteiger charge is 2.19. The van der Waals surface area contributed by atoms with Crippen LogP contribution < -0.4 is 16.1 Å². The van der Waals surface area contributed by atoms with Gasteiger partial charge in [0.25, 0.3) is 5.56 Å². The van der Waals surface area contributed by atoms with Gasteiger partial charge in [-0.05, 0) is 44.0 Å². The number of fused-ring (bicyclic) bond motifs is 1. The van der Waals surface area contributed by atoms with Crippen LogP contribution >= 0.6 is 0 Å². The first-order valence-corrected chi connectivity index (χ1v) is 9.33. The number of ether oxygens (including phenoxy) is 1. The Balaban J connectivity index is 1.79. The van der Waals surface area contributed by atoms with Crippen molar-refractivity contribution in [1.29, 1.82) is 0 Å². The molecule has 2 aromatic heterocycles. The van der Waals surface area contributed by atoms with E-state index >= 15 is 0 Å². The number of nitrogens with one attached hydrogen (secondary N) is 1. The molecule has 1 aliphatic heterocycles. The Bertz CT molecular complexity index is 1220. The summed E-state index contributed by atoms with van der Waals surface area (Å²) >= 11 is 0. The third-order valence-electron chi connectivity index (χ3n) is 4.83. The zero-order valence-electron chi connectivity index (χ0n) is 16.5. The van der Waals surface area contributed by atoms with Crippen LogP contribution in [0.3, 0.4) is 0 Å². The second kappa shape index (κ2) is 7.59. The number of morpholine rings is 1. The van der Waals surface area contributed by atoms with Gasteiger partial charge < -0.3 is 19.0 Å². The van der Waals surface area contributed by atoms with Crippen molar-refractivity contribution in [2.24, 2.45) is 10.2 Å². The van der Waals surface area contributed by atoms with Crippen molar-refractivity contribution in [2.45, 2.75) is 20.8 Å². The Morgan fingerprint density at radius 3 is 2.55 bits per heavy atom. The van der Waals surface area contributed by atoms with Gasteiger partial charge in [-0.2, -0.15) is 0 Å². The molecule has 0 amide bonds. The fraction of sp³-hybridized carbons (Fsp3) is 0.350. The van der Waals surface area contributed by atoms with Gasteiger partial charge in [0, 0.05) is 24.5 Å². The Hall–Kier alpha value is -3.33. The summed E-state index contributed by atoms with van der Waals surface area (Å²) in [6.45, 7) is 7.81. The molecule has 0 radical (unpaired) electrons. The summed E-state index contributed by atoms with van der Waals surface area (Å²) in [5.74, 6) is 1.02. The zero-order chi connectivity index (χ0) is 20.5. The van der Waals surface area contributed by atoms with Crippen LogP contribution in [0.15, 0.2) is 42.4 Å². The van der Waals surface area contributed by atoms with Gasteiger partial charge in [0.15, 0.2) is 11.5 Å². The van der Waals surface area contributed by atoms with Gasteiger partial charge >= 0.3 is 5.63 Å². The molecule has 1 aliphatic rings. The van der Waals surface area contributed by atoms with E-state index in [0.717, 1.165) is 16.5 Å². The number of aromatic amines is 1. The standard InChI is InChI=1S/C20H21N5O4/c1-11-9-17(26)29-16-8-12(2)15(10-14(11)16)23-24-18-19(21-13(3)22-20(18)27)25-4-6-28-7-5-25/h8-10H,4-7H2,1-3H3,(H,21,22,27). The first-order chi connectivity index (χ1) is 13.9. The fourth-order valence-corrected chi connectivity index (χ4v) is 3.32. The molecule has 1 saturated heterocycles. The van der Waals surface area contributed by atoms with Crippen LogP contribution in [0.1, 0.15) is 17.0 Å². The van der Waals surface area contributed by atoms with Crippen molar-refractivity contribution in [3.05, 3.63) is 55.9 Å². The zero-order valence-corrected chi connectivity index (χ0v) is 16.5. The molecule has 1 fully saturated rings. The lowest BCUT2D eigenvalue weighted by Crippen LogP contribution is -2.37. The van der Waals surface area contributed by atoms with E-state index in [-0.39, 0.29) is 11.2 Å². The number of aryl methyl sites for hydroxylation is 3. The van der Waals surface area contributed by atoms with Crippen LogP contribution in [0, 0.1) is 20.8 Å². The number of rotatable bonds is 3. The molecule has 1 aromatic carbocycles. The molecule has 4 rings (SSSR count). The predicted molar refractivity (Wildman–Crippen MR) is 109 cm³/mol. The van der Waals surface area contributed by atoms with E-state index in [1.54, 1.807) is 19.1 Å². The third-order valence-corrected chi connectivity index (χ3v) is 4.83. The molecule has 3 aromatic rings. The highest BCUT2D eigenvalue weighted by molar-refractivity contribution is 5.84. The minimum Gasteiger partial charge on any atom is -0.423 e. The lowest BCUT2D eigenvalue weighted by atomic mass is 10.1. The molecule has 1 N–H and O–H groups in total. The molecule has 0 spiro atoms. The van der Waals surface area contributed by atoms with Crippen LogP contribution in [-0.2, 0) is 4.74 Å². The third kappa shape index (κ3) is 3.81. The SMILES string of the molecule is Cc1nc(N2CCOCC2)c(N=Nc2cc3c(C)cc(=O)oc3cc2C)c(=O)[nH]1. The second-order valence-corrected chi connectivity index (χ2v) is 7.01. The molecule has 0 aliphatic carbocycles. The number of anilines is 1. The van der Waals surface area contributed by atoms with Crippen molar-refractivity contribution >= 4 is 28.2 Å². The molecule has 9 heteroatoms. The van der Waals surface area contributed by atoms with Crippen LogP contribution in [0.5, 0.6) is 0 Å². The first kappa shape index (κ1) is 19.0. The normalized spacial score (nSPS) is 14.8. The van der Waals surface area contributed by atoms with E-state index in [9.17, 15) is 9.59 Å². The van der Waals surface area contributed by atoms with Crippen molar-refractivity contribution in [3.63, 3.8) is 0 Å². The van der Waals surface area contributed by atoms with Gasteiger partial charge in [0.05, 0.1) is 18.9 Å². The second-order valence-electron chi connectivity index (χ2n) is 7.01. The van der Waals surface area contributed by atoms with E-state index in [1.165, 1.54) is 6.07 Å². The minimum absolute atomic E-state index is 0.160. The summed E-state index contributed by atoms with van der Waals surface area (Å²) in [6.07, 6.45) is 0. The Labute approximate surface area is 166 Å². The van der Waals surface area contributed by atoms with Crippen molar-refractivity contribution in [3.8, 4) is 0 Å². The lowest BCUT2D eigenvalue weighted by molar-refractivity contribution is 0.122. The van der Waals surface area contributed by atoms with E-state index in [0.29, 0.717) is 49.2 Å². The molecular formula is C20H21N5O4. The lowest BCUT2D eigenvalue weighted by Gasteiger charge is -2.28. The number of aromatic nitrogens is 2. The van der Waals surface area contributed by atoms with Crippen molar-refractivity contribution < 1.29 is 9.15 Å². The summed E-state index contributed by atoms with van der Waals surface area (Å²) in [5.41, 5.74) is 2.07. The van der Waals surface area contributed by atoms with E-state index in [1.807, 2.05) is 18.7 Å². The van der Waals surface area contributed by atoms with Crippen molar-refractivity contribution in [2.75, 3.05) is 31.2 Å². The number of hydrogen-bond acceptors (Lipinski definition) is 8. The predicted octanol–water partition coefficient (Wildman–Crippen LogP) is 3.05. The quantitative estimate of drug-likeness (QED) is 0.539. The van der Waals surface area contributed by atoms with E-state index < -0.39 is 5.63 Å².